The molecule has 0 bridgehead atoms. The molecule has 8 nitrogen and oxygen atoms in total. The summed E-state index contributed by atoms with van der Waals surface area (Å²) in [7, 11) is -3.97. The summed E-state index contributed by atoms with van der Waals surface area (Å²) in [6.45, 7) is 1.32. The summed E-state index contributed by atoms with van der Waals surface area (Å²) >= 11 is 0. The van der Waals surface area contributed by atoms with E-state index in [4.69, 9.17) is 10.4 Å². The molecule has 0 saturated carbocycles. The highest BCUT2D eigenvalue weighted by molar-refractivity contribution is 7.89. The number of aryl methyl sites for hydroxylation is 1. The number of nitrogens with one attached hydrogen (secondary N) is 2. The number of H-pyrrole nitrogens is 1. The maximum atomic E-state index is 11.8. The third-order valence-corrected chi connectivity index (χ3v) is 3.51. The highest BCUT2D eigenvalue weighted by Crippen LogP contribution is 2.17. The summed E-state index contributed by atoms with van der Waals surface area (Å²) in [4.78, 5) is 10.4. The number of rotatable bonds is 5. The van der Waals surface area contributed by atoms with Crippen molar-refractivity contribution in [1.29, 1.82) is 5.26 Å². The predicted octanol–water partition coefficient (Wildman–Crippen LogP) is -0.392. The van der Waals surface area contributed by atoms with Crippen LogP contribution in [-0.2, 0) is 10.0 Å². The van der Waals surface area contributed by atoms with Gasteiger partial charge in [-0.05, 0) is 6.92 Å². The fraction of sp³-hybridized carbons (Fsp3) is 0.375. The third-order valence-electron chi connectivity index (χ3n) is 1.89. The minimum atomic E-state index is -3.97. The molecule has 0 fully saturated rings. The number of hydrogen-bond acceptors (Lipinski definition) is 5. The summed E-state index contributed by atoms with van der Waals surface area (Å²) in [5.74, 6) is -1.44. The zero-order chi connectivity index (χ0) is 13.1. The predicted molar refractivity (Wildman–Crippen MR) is 55.7 cm³/mol. The Balaban J connectivity index is 3.11. The molecule has 0 unspecified atom stereocenters. The van der Waals surface area contributed by atoms with E-state index >= 15 is 0 Å². The number of aromatic amines is 1. The number of aromatic nitrogens is 2. The van der Waals surface area contributed by atoms with Crippen molar-refractivity contribution in [2.75, 3.05) is 6.54 Å². The largest absolute Gasteiger partial charge is 0.476 e. The van der Waals surface area contributed by atoms with Gasteiger partial charge >= 0.3 is 5.97 Å². The monoisotopic (exact) mass is 258 g/mol. The van der Waals surface area contributed by atoms with Crippen molar-refractivity contribution >= 4 is 16.0 Å². The van der Waals surface area contributed by atoms with Crippen LogP contribution in [0.2, 0.25) is 0 Å². The van der Waals surface area contributed by atoms with Crippen LogP contribution in [-0.4, -0.2) is 36.2 Å². The summed E-state index contributed by atoms with van der Waals surface area (Å²) in [6.07, 6.45) is -0.00145. The number of nitriles is 1. The van der Waals surface area contributed by atoms with Crippen molar-refractivity contribution in [3.63, 3.8) is 0 Å². The smallest absolute Gasteiger partial charge is 0.357 e. The molecule has 92 valence electrons. The van der Waals surface area contributed by atoms with E-state index in [0.29, 0.717) is 0 Å². The standard InChI is InChI=1S/C8H10N4O4S/c1-5-7(6(8(13)14)12-11-5)17(15,16)10-4-2-3-9/h10H,2,4H2,1H3,(H,11,12)(H,13,14). The van der Waals surface area contributed by atoms with Gasteiger partial charge < -0.3 is 5.11 Å². The first-order valence-electron chi connectivity index (χ1n) is 4.55. The molecule has 1 heterocycles. The van der Waals surface area contributed by atoms with E-state index in [9.17, 15) is 13.2 Å². The quantitative estimate of drug-likeness (QED) is 0.615. The number of nitrogens with zero attached hydrogens (tertiary/aromatic N) is 2. The lowest BCUT2D eigenvalue weighted by Gasteiger charge is -2.04. The van der Waals surface area contributed by atoms with Gasteiger partial charge in [-0.2, -0.15) is 10.4 Å². The number of carboxylic acids is 1. The van der Waals surface area contributed by atoms with Gasteiger partial charge in [0.15, 0.2) is 5.69 Å². The first-order valence-corrected chi connectivity index (χ1v) is 6.03. The van der Waals surface area contributed by atoms with Gasteiger partial charge in [0.1, 0.15) is 4.90 Å². The Morgan fingerprint density at radius 2 is 2.29 bits per heavy atom. The van der Waals surface area contributed by atoms with Crippen LogP contribution < -0.4 is 4.72 Å². The second kappa shape index (κ2) is 4.94. The molecule has 0 radical (unpaired) electrons. The molecule has 0 saturated heterocycles. The Kier molecular flexibility index (Phi) is 3.82. The van der Waals surface area contributed by atoms with Gasteiger partial charge in [0.05, 0.1) is 11.8 Å². The Hall–Kier alpha value is -1.92. The lowest BCUT2D eigenvalue weighted by Crippen LogP contribution is -2.26. The zero-order valence-corrected chi connectivity index (χ0v) is 9.71. The summed E-state index contributed by atoms with van der Waals surface area (Å²) < 4.78 is 25.7. The summed E-state index contributed by atoms with van der Waals surface area (Å²) in [5.41, 5.74) is -0.432. The molecule has 0 atom stereocenters. The molecule has 0 spiro atoms. The van der Waals surface area contributed by atoms with E-state index in [1.807, 2.05) is 0 Å². The maximum Gasteiger partial charge on any atom is 0.357 e. The fourth-order valence-electron chi connectivity index (χ4n) is 1.21. The van der Waals surface area contributed by atoms with Crippen LogP contribution in [0.3, 0.4) is 0 Å². The van der Waals surface area contributed by atoms with Crippen molar-refractivity contribution in [2.24, 2.45) is 0 Å². The number of carboxylic acid groups (broad SMARTS) is 1. The Labute approximate surface area is 97.3 Å². The Bertz CT molecular complexity index is 569. The van der Waals surface area contributed by atoms with Gasteiger partial charge in [-0.3, -0.25) is 5.10 Å². The molecule has 1 rings (SSSR count). The highest BCUT2D eigenvalue weighted by Gasteiger charge is 2.27. The van der Waals surface area contributed by atoms with Crippen LogP contribution in [0.15, 0.2) is 4.90 Å². The Morgan fingerprint density at radius 1 is 1.65 bits per heavy atom. The molecular formula is C8H10N4O4S. The van der Waals surface area contributed by atoms with Gasteiger partial charge in [0, 0.05) is 13.0 Å². The van der Waals surface area contributed by atoms with E-state index in [2.05, 4.69) is 14.9 Å². The van der Waals surface area contributed by atoms with Crippen molar-refractivity contribution in [3.05, 3.63) is 11.4 Å². The van der Waals surface area contributed by atoms with E-state index < -0.39 is 26.6 Å². The van der Waals surface area contributed by atoms with Crippen LogP contribution in [0.5, 0.6) is 0 Å². The molecule has 0 amide bonds. The summed E-state index contributed by atoms with van der Waals surface area (Å²) in [6, 6.07) is 1.77. The molecular weight excluding hydrogens is 248 g/mol. The third kappa shape index (κ3) is 2.80. The molecule has 0 aromatic carbocycles. The molecule has 0 aliphatic carbocycles. The van der Waals surface area contributed by atoms with E-state index in [0.717, 1.165) is 0 Å². The lowest BCUT2D eigenvalue weighted by atomic mass is 10.4. The maximum absolute atomic E-state index is 11.8. The second-order valence-corrected chi connectivity index (χ2v) is 4.84. The zero-order valence-electron chi connectivity index (χ0n) is 8.89. The molecule has 9 heteroatoms. The minimum Gasteiger partial charge on any atom is -0.476 e. The number of sulfonamides is 1. The molecule has 17 heavy (non-hydrogen) atoms. The normalized spacial score (nSPS) is 11.1. The van der Waals surface area contributed by atoms with Crippen molar-refractivity contribution in [1.82, 2.24) is 14.9 Å². The molecule has 3 N–H and O–H groups in total. The molecule has 1 aromatic heterocycles. The first kappa shape index (κ1) is 13.1. The average molecular weight is 258 g/mol. The van der Waals surface area contributed by atoms with Gasteiger partial charge in [-0.1, -0.05) is 0 Å². The van der Waals surface area contributed by atoms with Crippen molar-refractivity contribution < 1.29 is 18.3 Å². The lowest BCUT2D eigenvalue weighted by molar-refractivity contribution is 0.0686. The van der Waals surface area contributed by atoms with Crippen molar-refractivity contribution in [2.45, 2.75) is 18.2 Å². The first-order chi connectivity index (χ1) is 7.90. The van der Waals surface area contributed by atoms with E-state index in [-0.39, 0.29) is 18.7 Å². The van der Waals surface area contributed by atoms with Gasteiger partial charge in [0.2, 0.25) is 10.0 Å². The number of hydrogen-bond donors (Lipinski definition) is 3. The van der Waals surface area contributed by atoms with Gasteiger partial charge in [-0.25, -0.2) is 17.9 Å². The van der Waals surface area contributed by atoms with E-state index in [1.165, 1.54) is 6.92 Å². The minimum absolute atomic E-state index is 0.00145. The Morgan fingerprint density at radius 3 is 2.82 bits per heavy atom. The molecule has 0 aliphatic heterocycles. The summed E-state index contributed by atoms with van der Waals surface area (Å²) in [5, 5.41) is 22.8. The number of aromatic carboxylic acids is 1. The average Bonchev–Trinajstić information content (AvgIpc) is 2.61. The topological polar surface area (TPSA) is 136 Å². The van der Waals surface area contributed by atoms with Crippen LogP contribution in [0.4, 0.5) is 0 Å². The second-order valence-electron chi connectivity index (χ2n) is 3.14. The van der Waals surface area contributed by atoms with E-state index in [1.54, 1.807) is 6.07 Å². The SMILES string of the molecule is Cc1[nH]nc(C(=O)O)c1S(=O)(=O)NCCC#N. The van der Waals surface area contributed by atoms with Crippen LogP contribution in [0.1, 0.15) is 22.6 Å². The molecule has 1 aromatic rings. The molecule has 0 aliphatic rings. The number of carbonyl (C=O) groups is 1. The highest BCUT2D eigenvalue weighted by atomic mass is 32.2. The van der Waals surface area contributed by atoms with Gasteiger partial charge in [0.25, 0.3) is 0 Å². The van der Waals surface area contributed by atoms with Crippen LogP contribution >= 0.6 is 0 Å². The fourth-order valence-corrected chi connectivity index (χ4v) is 2.56. The van der Waals surface area contributed by atoms with Crippen LogP contribution in [0.25, 0.3) is 0 Å². The van der Waals surface area contributed by atoms with Crippen LogP contribution in [0, 0.1) is 18.3 Å². The van der Waals surface area contributed by atoms with Gasteiger partial charge in [-0.15, -0.1) is 0 Å². The van der Waals surface area contributed by atoms with Crippen molar-refractivity contribution in [3.8, 4) is 6.07 Å².